The molecule has 0 aromatic heterocycles. The number of carbonyl (C=O) groups excluding carboxylic acids is 2. The predicted molar refractivity (Wildman–Crippen MR) is 127 cm³/mol. The number of likely N-dealkylation sites (tertiary alicyclic amines) is 1. The summed E-state index contributed by atoms with van der Waals surface area (Å²) in [4.78, 5) is 26.5. The van der Waals surface area contributed by atoms with Crippen molar-refractivity contribution in [2.75, 3.05) is 24.4 Å². The Bertz CT molecular complexity index is 1050. The number of hydrogen-bond donors (Lipinski definition) is 1. The molecule has 33 heavy (non-hydrogen) atoms. The van der Waals surface area contributed by atoms with Gasteiger partial charge in [0.05, 0.1) is 23.8 Å². The van der Waals surface area contributed by atoms with E-state index in [0.29, 0.717) is 44.1 Å². The molecule has 0 bridgehead atoms. The molecular weight excluding hydrogens is 440 g/mol. The topological polar surface area (TPSA) is 92.8 Å². The number of benzene rings is 2. The van der Waals surface area contributed by atoms with E-state index in [-0.39, 0.29) is 29.1 Å². The number of rotatable bonds is 8. The number of amides is 1. The van der Waals surface area contributed by atoms with Gasteiger partial charge >= 0.3 is 5.97 Å². The number of nitrogens with one attached hydrogen (secondary N) is 1. The van der Waals surface area contributed by atoms with Crippen LogP contribution < -0.4 is 4.72 Å². The first-order valence-electron chi connectivity index (χ1n) is 11.4. The SMILES string of the molecule is CCOC(=O)C1CCN(C(=O)Cc2ccc(NS(=O)(=O)c3ccc(C(C)C)cc3)cc2)CC1. The standard InChI is InChI=1S/C25H32N2O5S/c1-4-32-25(29)21-13-15-27(16-14-21)24(28)17-19-5-9-22(10-6-19)26-33(30,31)23-11-7-20(8-12-23)18(2)3/h5-12,18,21,26H,4,13-17H2,1-3H3. The summed E-state index contributed by atoms with van der Waals surface area (Å²) < 4.78 is 33.0. The van der Waals surface area contributed by atoms with Crippen LogP contribution in [-0.4, -0.2) is 44.9 Å². The number of hydrogen-bond acceptors (Lipinski definition) is 5. The summed E-state index contributed by atoms with van der Waals surface area (Å²) in [6, 6.07) is 13.7. The van der Waals surface area contributed by atoms with Crippen molar-refractivity contribution < 1.29 is 22.7 Å². The van der Waals surface area contributed by atoms with Gasteiger partial charge in [-0.25, -0.2) is 8.42 Å². The Morgan fingerprint density at radius 1 is 1.03 bits per heavy atom. The average Bonchev–Trinajstić information content (AvgIpc) is 2.80. The average molecular weight is 473 g/mol. The molecule has 0 unspecified atom stereocenters. The summed E-state index contributed by atoms with van der Waals surface area (Å²) >= 11 is 0. The number of sulfonamides is 1. The number of piperidine rings is 1. The van der Waals surface area contributed by atoms with Gasteiger partial charge in [-0.1, -0.05) is 38.1 Å². The molecule has 7 nitrogen and oxygen atoms in total. The maximum atomic E-state index is 12.7. The van der Waals surface area contributed by atoms with Gasteiger partial charge in [0.15, 0.2) is 0 Å². The van der Waals surface area contributed by atoms with E-state index >= 15 is 0 Å². The fourth-order valence-electron chi connectivity index (χ4n) is 3.85. The van der Waals surface area contributed by atoms with Gasteiger partial charge in [-0.3, -0.25) is 14.3 Å². The maximum absolute atomic E-state index is 12.7. The van der Waals surface area contributed by atoms with Crippen molar-refractivity contribution in [3.8, 4) is 0 Å². The number of anilines is 1. The van der Waals surface area contributed by atoms with Crippen molar-refractivity contribution in [3.05, 3.63) is 59.7 Å². The monoisotopic (exact) mass is 472 g/mol. The van der Waals surface area contributed by atoms with Crippen molar-refractivity contribution in [3.63, 3.8) is 0 Å². The van der Waals surface area contributed by atoms with Gasteiger partial charge < -0.3 is 9.64 Å². The zero-order valence-electron chi connectivity index (χ0n) is 19.4. The van der Waals surface area contributed by atoms with E-state index in [1.54, 1.807) is 48.2 Å². The smallest absolute Gasteiger partial charge is 0.309 e. The highest BCUT2D eigenvalue weighted by atomic mass is 32.2. The maximum Gasteiger partial charge on any atom is 0.309 e. The minimum atomic E-state index is -3.69. The molecule has 3 rings (SSSR count). The van der Waals surface area contributed by atoms with Crippen LogP contribution in [0.15, 0.2) is 53.4 Å². The van der Waals surface area contributed by atoms with E-state index in [1.807, 2.05) is 12.1 Å². The largest absolute Gasteiger partial charge is 0.466 e. The summed E-state index contributed by atoms with van der Waals surface area (Å²) in [5.41, 5.74) is 2.32. The fourth-order valence-corrected chi connectivity index (χ4v) is 4.91. The van der Waals surface area contributed by atoms with Crippen molar-refractivity contribution in [2.45, 2.75) is 50.8 Å². The molecule has 2 aromatic rings. The normalized spacial score (nSPS) is 14.8. The molecule has 1 saturated heterocycles. The van der Waals surface area contributed by atoms with E-state index < -0.39 is 10.0 Å². The minimum absolute atomic E-state index is 0.00381. The zero-order valence-corrected chi connectivity index (χ0v) is 20.2. The van der Waals surface area contributed by atoms with Crippen molar-refractivity contribution in [1.82, 2.24) is 4.90 Å². The van der Waals surface area contributed by atoms with Crippen LogP contribution in [0.3, 0.4) is 0 Å². The second-order valence-electron chi connectivity index (χ2n) is 8.61. The third-order valence-corrected chi connectivity index (χ3v) is 7.28. The Labute approximate surface area is 196 Å². The molecule has 0 saturated carbocycles. The molecule has 1 aliphatic heterocycles. The van der Waals surface area contributed by atoms with E-state index in [1.165, 1.54) is 0 Å². The summed E-state index contributed by atoms with van der Waals surface area (Å²) in [7, 11) is -3.69. The molecule has 1 N–H and O–H groups in total. The van der Waals surface area contributed by atoms with Gasteiger partial charge in [-0.15, -0.1) is 0 Å². The fraction of sp³-hybridized carbons (Fsp3) is 0.440. The van der Waals surface area contributed by atoms with Crippen LogP contribution in [0.2, 0.25) is 0 Å². The highest BCUT2D eigenvalue weighted by Gasteiger charge is 2.28. The quantitative estimate of drug-likeness (QED) is 0.587. The molecule has 0 atom stereocenters. The van der Waals surface area contributed by atoms with Crippen LogP contribution in [0.4, 0.5) is 5.69 Å². The molecular formula is C25H32N2O5S. The molecule has 0 radical (unpaired) electrons. The van der Waals surface area contributed by atoms with Gasteiger partial charge in [0.25, 0.3) is 10.0 Å². The minimum Gasteiger partial charge on any atom is -0.466 e. The van der Waals surface area contributed by atoms with Gasteiger partial charge in [0, 0.05) is 18.8 Å². The predicted octanol–water partition coefficient (Wildman–Crippen LogP) is 3.96. The van der Waals surface area contributed by atoms with E-state index in [0.717, 1.165) is 11.1 Å². The molecule has 1 amide bonds. The number of esters is 1. The van der Waals surface area contributed by atoms with Crippen LogP contribution in [0, 0.1) is 5.92 Å². The molecule has 8 heteroatoms. The molecule has 178 valence electrons. The lowest BCUT2D eigenvalue weighted by Crippen LogP contribution is -2.41. The Morgan fingerprint density at radius 2 is 1.64 bits per heavy atom. The Balaban J connectivity index is 1.55. The molecule has 1 fully saturated rings. The molecule has 0 aliphatic carbocycles. The van der Waals surface area contributed by atoms with E-state index in [4.69, 9.17) is 4.74 Å². The first kappa shape index (κ1) is 24.8. The van der Waals surface area contributed by atoms with E-state index in [9.17, 15) is 18.0 Å². The zero-order chi connectivity index (χ0) is 24.0. The second-order valence-corrected chi connectivity index (χ2v) is 10.3. The Morgan fingerprint density at radius 3 is 2.18 bits per heavy atom. The highest BCUT2D eigenvalue weighted by Crippen LogP contribution is 2.22. The van der Waals surface area contributed by atoms with Crippen molar-refractivity contribution >= 4 is 27.6 Å². The van der Waals surface area contributed by atoms with Crippen LogP contribution in [0.5, 0.6) is 0 Å². The van der Waals surface area contributed by atoms with E-state index in [2.05, 4.69) is 18.6 Å². The lowest BCUT2D eigenvalue weighted by atomic mass is 9.96. The Hall–Kier alpha value is -2.87. The van der Waals surface area contributed by atoms with Crippen LogP contribution in [0.1, 0.15) is 50.7 Å². The van der Waals surface area contributed by atoms with Crippen LogP contribution >= 0.6 is 0 Å². The molecule has 2 aromatic carbocycles. The van der Waals surface area contributed by atoms with Gasteiger partial charge in [-0.05, 0) is 61.1 Å². The second kappa shape index (κ2) is 10.8. The summed E-state index contributed by atoms with van der Waals surface area (Å²) in [6.07, 6.45) is 1.46. The van der Waals surface area contributed by atoms with Crippen LogP contribution in [0.25, 0.3) is 0 Å². The summed E-state index contributed by atoms with van der Waals surface area (Å²) in [6.45, 7) is 7.34. The lowest BCUT2D eigenvalue weighted by Gasteiger charge is -2.31. The third kappa shape index (κ3) is 6.57. The third-order valence-electron chi connectivity index (χ3n) is 5.89. The first-order valence-corrected chi connectivity index (χ1v) is 12.8. The molecule has 0 spiro atoms. The number of carbonyl (C=O) groups is 2. The van der Waals surface area contributed by atoms with Crippen LogP contribution in [-0.2, 0) is 30.8 Å². The summed E-state index contributed by atoms with van der Waals surface area (Å²) in [5, 5.41) is 0. The van der Waals surface area contributed by atoms with Gasteiger partial charge in [0.1, 0.15) is 0 Å². The first-order chi connectivity index (χ1) is 15.7. The molecule has 1 heterocycles. The Kier molecular flexibility index (Phi) is 8.13. The number of nitrogens with zero attached hydrogens (tertiary/aromatic N) is 1. The van der Waals surface area contributed by atoms with Gasteiger partial charge in [-0.2, -0.15) is 0 Å². The number of ether oxygens (including phenoxy) is 1. The van der Waals surface area contributed by atoms with Crippen molar-refractivity contribution in [1.29, 1.82) is 0 Å². The molecule has 1 aliphatic rings. The summed E-state index contributed by atoms with van der Waals surface area (Å²) in [5.74, 6) is 0.00571. The lowest BCUT2D eigenvalue weighted by molar-refractivity contribution is -0.151. The van der Waals surface area contributed by atoms with Gasteiger partial charge in [0.2, 0.25) is 5.91 Å². The van der Waals surface area contributed by atoms with Crippen molar-refractivity contribution in [2.24, 2.45) is 5.92 Å². The highest BCUT2D eigenvalue weighted by molar-refractivity contribution is 7.92.